The van der Waals surface area contributed by atoms with Gasteiger partial charge < -0.3 is 14.8 Å². The molecule has 2 aliphatic rings. The smallest absolute Gasteiger partial charge is 0.0588 e. The molecule has 0 spiro atoms. The third-order valence-corrected chi connectivity index (χ3v) is 3.33. The zero-order valence-corrected chi connectivity index (χ0v) is 9.54. The molecule has 2 rings (SSSR count). The third kappa shape index (κ3) is 4.09. The van der Waals surface area contributed by atoms with Gasteiger partial charge in [-0.25, -0.2) is 0 Å². The van der Waals surface area contributed by atoms with Crippen molar-refractivity contribution in [2.45, 2.75) is 50.7 Å². The lowest BCUT2D eigenvalue weighted by Crippen LogP contribution is -2.24. The summed E-state index contributed by atoms with van der Waals surface area (Å²) >= 11 is 0. The summed E-state index contributed by atoms with van der Waals surface area (Å²) in [4.78, 5) is 0. The summed E-state index contributed by atoms with van der Waals surface area (Å²) in [5, 5.41) is 3.48. The van der Waals surface area contributed by atoms with E-state index in [1.165, 1.54) is 38.5 Å². The number of hydrogen-bond acceptors (Lipinski definition) is 3. The van der Waals surface area contributed by atoms with E-state index in [0.717, 1.165) is 26.3 Å². The van der Waals surface area contributed by atoms with E-state index in [9.17, 15) is 0 Å². The maximum Gasteiger partial charge on any atom is 0.0588 e. The van der Waals surface area contributed by atoms with Crippen LogP contribution in [0.2, 0.25) is 0 Å². The molecule has 0 saturated carbocycles. The molecule has 0 bridgehead atoms. The molecular weight excluding hydrogens is 190 g/mol. The van der Waals surface area contributed by atoms with E-state index >= 15 is 0 Å². The SMILES string of the molecule is C1COC(CCNCCC2CCCO2)C1. The molecule has 0 aromatic carbocycles. The van der Waals surface area contributed by atoms with Gasteiger partial charge in [0.1, 0.15) is 0 Å². The molecular formula is C12H23NO2. The fourth-order valence-electron chi connectivity index (χ4n) is 2.40. The van der Waals surface area contributed by atoms with Gasteiger partial charge in [-0.1, -0.05) is 0 Å². The van der Waals surface area contributed by atoms with Crippen LogP contribution in [0.4, 0.5) is 0 Å². The van der Waals surface area contributed by atoms with Crippen molar-refractivity contribution in [3.05, 3.63) is 0 Å². The number of nitrogens with one attached hydrogen (secondary N) is 1. The van der Waals surface area contributed by atoms with Crippen LogP contribution in [0.15, 0.2) is 0 Å². The summed E-state index contributed by atoms with van der Waals surface area (Å²) < 4.78 is 11.1. The fraction of sp³-hybridized carbons (Fsp3) is 1.00. The van der Waals surface area contributed by atoms with E-state index in [2.05, 4.69) is 5.32 Å². The van der Waals surface area contributed by atoms with E-state index in [4.69, 9.17) is 9.47 Å². The summed E-state index contributed by atoms with van der Waals surface area (Å²) in [6.07, 6.45) is 8.42. The topological polar surface area (TPSA) is 30.5 Å². The van der Waals surface area contributed by atoms with Crippen molar-refractivity contribution in [2.75, 3.05) is 26.3 Å². The normalized spacial score (nSPS) is 31.2. The second kappa shape index (κ2) is 6.46. The van der Waals surface area contributed by atoms with Crippen molar-refractivity contribution in [1.29, 1.82) is 0 Å². The van der Waals surface area contributed by atoms with Crippen molar-refractivity contribution in [2.24, 2.45) is 0 Å². The van der Waals surface area contributed by atoms with Crippen molar-refractivity contribution < 1.29 is 9.47 Å². The summed E-state index contributed by atoms with van der Waals surface area (Å²) in [6, 6.07) is 0. The zero-order valence-electron chi connectivity index (χ0n) is 9.54. The van der Waals surface area contributed by atoms with E-state index in [1.807, 2.05) is 0 Å². The van der Waals surface area contributed by atoms with Gasteiger partial charge in [-0.3, -0.25) is 0 Å². The molecule has 2 heterocycles. The van der Waals surface area contributed by atoms with Crippen LogP contribution in [0.1, 0.15) is 38.5 Å². The Morgan fingerprint density at radius 2 is 1.40 bits per heavy atom. The van der Waals surface area contributed by atoms with Crippen LogP contribution in [0.5, 0.6) is 0 Å². The van der Waals surface area contributed by atoms with Crippen LogP contribution >= 0.6 is 0 Å². The summed E-state index contributed by atoms with van der Waals surface area (Å²) in [5.74, 6) is 0. The summed E-state index contributed by atoms with van der Waals surface area (Å²) in [7, 11) is 0. The molecule has 3 nitrogen and oxygen atoms in total. The first-order chi connectivity index (χ1) is 7.45. The Hall–Kier alpha value is -0.120. The second-order valence-corrected chi connectivity index (χ2v) is 4.60. The minimum absolute atomic E-state index is 0.528. The Balaban J connectivity index is 1.41. The molecule has 2 saturated heterocycles. The molecule has 0 amide bonds. The number of rotatable bonds is 6. The maximum absolute atomic E-state index is 5.57. The average Bonchev–Trinajstić information content (AvgIpc) is 2.88. The molecule has 1 N–H and O–H groups in total. The maximum atomic E-state index is 5.57. The molecule has 2 fully saturated rings. The van der Waals surface area contributed by atoms with Gasteiger partial charge in [-0.2, -0.15) is 0 Å². The van der Waals surface area contributed by atoms with Crippen molar-refractivity contribution in [3.8, 4) is 0 Å². The van der Waals surface area contributed by atoms with Crippen LogP contribution in [0, 0.1) is 0 Å². The highest BCUT2D eigenvalue weighted by atomic mass is 16.5. The predicted molar refractivity (Wildman–Crippen MR) is 60.1 cm³/mol. The van der Waals surface area contributed by atoms with E-state index in [-0.39, 0.29) is 0 Å². The first kappa shape index (κ1) is 11.4. The minimum Gasteiger partial charge on any atom is -0.378 e. The van der Waals surface area contributed by atoms with Crippen molar-refractivity contribution >= 4 is 0 Å². The van der Waals surface area contributed by atoms with Gasteiger partial charge in [0.05, 0.1) is 12.2 Å². The van der Waals surface area contributed by atoms with E-state index < -0.39 is 0 Å². The largest absolute Gasteiger partial charge is 0.378 e. The van der Waals surface area contributed by atoms with E-state index in [0.29, 0.717) is 12.2 Å². The number of ether oxygens (including phenoxy) is 2. The summed E-state index contributed by atoms with van der Waals surface area (Å²) in [6.45, 7) is 4.13. The highest BCUT2D eigenvalue weighted by Crippen LogP contribution is 2.15. The van der Waals surface area contributed by atoms with Crippen molar-refractivity contribution in [1.82, 2.24) is 5.32 Å². The van der Waals surface area contributed by atoms with Crippen LogP contribution in [0.3, 0.4) is 0 Å². The molecule has 15 heavy (non-hydrogen) atoms. The average molecular weight is 213 g/mol. The fourth-order valence-corrected chi connectivity index (χ4v) is 2.40. The number of hydrogen-bond donors (Lipinski definition) is 1. The molecule has 0 aliphatic carbocycles. The highest BCUT2D eigenvalue weighted by molar-refractivity contribution is 4.68. The van der Waals surface area contributed by atoms with Gasteiger partial charge in [0.25, 0.3) is 0 Å². The standard InChI is InChI=1S/C12H23NO2/c1-3-11(14-9-1)5-7-13-8-6-12-4-2-10-15-12/h11-13H,1-10H2. The first-order valence-electron chi connectivity index (χ1n) is 6.39. The molecule has 2 unspecified atom stereocenters. The Morgan fingerprint density at radius 1 is 0.867 bits per heavy atom. The van der Waals surface area contributed by atoms with Crippen LogP contribution in [-0.4, -0.2) is 38.5 Å². The van der Waals surface area contributed by atoms with Crippen LogP contribution in [-0.2, 0) is 9.47 Å². The molecule has 0 radical (unpaired) electrons. The Kier molecular flexibility index (Phi) is 4.90. The predicted octanol–water partition coefficient (Wildman–Crippen LogP) is 1.71. The third-order valence-electron chi connectivity index (χ3n) is 3.33. The Morgan fingerprint density at radius 3 is 1.80 bits per heavy atom. The highest BCUT2D eigenvalue weighted by Gasteiger charge is 2.16. The van der Waals surface area contributed by atoms with E-state index in [1.54, 1.807) is 0 Å². The van der Waals surface area contributed by atoms with Gasteiger partial charge in [-0.05, 0) is 51.6 Å². The molecule has 88 valence electrons. The lowest BCUT2D eigenvalue weighted by atomic mass is 10.1. The quantitative estimate of drug-likeness (QED) is 0.681. The van der Waals surface area contributed by atoms with Gasteiger partial charge in [-0.15, -0.1) is 0 Å². The lowest BCUT2D eigenvalue weighted by Gasteiger charge is -2.12. The van der Waals surface area contributed by atoms with Gasteiger partial charge in [0.15, 0.2) is 0 Å². The molecule has 0 aromatic rings. The van der Waals surface area contributed by atoms with Gasteiger partial charge in [0, 0.05) is 13.2 Å². The molecule has 2 atom stereocenters. The monoisotopic (exact) mass is 213 g/mol. The Bertz CT molecular complexity index is 145. The molecule has 3 heteroatoms. The minimum atomic E-state index is 0.528. The molecule has 0 aromatic heterocycles. The Labute approximate surface area is 92.5 Å². The van der Waals surface area contributed by atoms with Crippen LogP contribution < -0.4 is 5.32 Å². The second-order valence-electron chi connectivity index (χ2n) is 4.60. The lowest BCUT2D eigenvalue weighted by molar-refractivity contribution is 0.0986. The molecule has 2 aliphatic heterocycles. The zero-order chi connectivity index (χ0) is 10.3. The van der Waals surface area contributed by atoms with Crippen molar-refractivity contribution in [3.63, 3.8) is 0 Å². The first-order valence-corrected chi connectivity index (χ1v) is 6.39. The van der Waals surface area contributed by atoms with Gasteiger partial charge in [0.2, 0.25) is 0 Å². The summed E-state index contributed by atoms with van der Waals surface area (Å²) in [5.41, 5.74) is 0. The van der Waals surface area contributed by atoms with Crippen LogP contribution in [0.25, 0.3) is 0 Å². The van der Waals surface area contributed by atoms with Gasteiger partial charge >= 0.3 is 0 Å².